The van der Waals surface area contributed by atoms with Crippen LogP contribution in [0.15, 0.2) is 40.9 Å². The second-order valence-corrected chi connectivity index (χ2v) is 6.21. The number of hydrogen-bond acceptors (Lipinski definition) is 3. The molecule has 0 bridgehead atoms. The quantitative estimate of drug-likeness (QED) is 0.868. The van der Waals surface area contributed by atoms with Gasteiger partial charge in [0.15, 0.2) is 11.5 Å². The molecule has 1 atom stereocenters. The summed E-state index contributed by atoms with van der Waals surface area (Å²) in [4.78, 5) is 0. The highest BCUT2D eigenvalue weighted by Crippen LogP contribution is 2.36. The number of aromatic hydroxyl groups is 1. The van der Waals surface area contributed by atoms with Gasteiger partial charge in [-0.1, -0.05) is 24.3 Å². The summed E-state index contributed by atoms with van der Waals surface area (Å²) in [5.74, 6) is 1.26. The number of rotatable bonds is 5. The maximum absolute atomic E-state index is 9.80. The number of methoxy groups -OCH3 is 1. The Bertz CT molecular complexity index is 657. The molecule has 0 fully saturated rings. The zero-order chi connectivity index (χ0) is 14.8. The lowest BCUT2D eigenvalue weighted by atomic mass is 9.77. The number of benzene rings is 2. The summed E-state index contributed by atoms with van der Waals surface area (Å²) in [6.07, 6.45) is 1.16. The first-order chi connectivity index (χ1) is 10.2. The van der Waals surface area contributed by atoms with Gasteiger partial charge in [-0.25, -0.2) is 0 Å². The van der Waals surface area contributed by atoms with Crippen molar-refractivity contribution >= 4 is 15.9 Å². The average Bonchev–Trinajstić information content (AvgIpc) is 2.47. The largest absolute Gasteiger partial charge is 0.503 e. The molecule has 3 nitrogen and oxygen atoms in total. The van der Waals surface area contributed by atoms with Crippen LogP contribution in [0, 0.1) is 0 Å². The normalized spacial score (nSPS) is 16.2. The number of ether oxygens (including phenoxy) is 1. The van der Waals surface area contributed by atoms with E-state index in [-0.39, 0.29) is 5.75 Å². The van der Waals surface area contributed by atoms with Crippen molar-refractivity contribution in [1.29, 1.82) is 0 Å². The van der Waals surface area contributed by atoms with E-state index >= 15 is 0 Å². The minimum Gasteiger partial charge on any atom is -0.503 e. The highest BCUT2D eigenvalue weighted by atomic mass is 79.9. The van der Waals surface area contributed by atoms with Crippen molar-refractivity contribution in [3.63, 3.8) is 0 Å². The lowest BCUT2D eigenvalue weighted by molar-refractivity contribution is 0.371. The molecule has 2 aromatic carbocycles. The second kappa shape index (κ2) is 6.08. The summed E-state index contributed by atoms with van der Waals surface area (Å²) in [7, 11) is 1.56. The van der Waals surface area contributed by atoms with Gasteiger partial charge in [-0.2, -0.15) is 0 Å². The van der Waals surface area contributed by atoms with Gasteiger partial charge >= 0.3 is 0 Å². The summed E-state index contributed by atoms with van der Waals surface area (Å²) < 4.78 is 5.82. The van der Waals surface area contributed by atoms with Crippen molar-refractivity contribution in [2.45, 2.75) is 18.9 Å². The van der Waals surface area contributed by atoms with Gasteiger partial charge in [0.1, 0.15) is 0 Å². The number of phenols is 1. The lowest BCUT2D eigenvalue weighted by Crippen LogP contribution is -2.28. The predicted octanol–water partition coefficient (Wildman–Crippen LogP) is 3.59. The highest BCUT2D eigenvalue weighted by Gasteiger charge is 2.24. The Morgan fingerprint density at radius 2 is 2.14 bits per heavy atom. The molecule has 0 saturated carbocycles. The first kappa shape index (κ1) is 14.4. The Hall–Kier alpha value is -1.52. The Kier molecular flexibility index (Phi) is 4.17. The van der Waals surface area contributed by atoms with Crippen LogP contribution < -0.4 is 10.1 Å². The van der Waals surface area contributed by atoms with Crippen LogP contribution in [0.4, 0.5) is 0 Å². The molecule has 0 heterocycles. The number of nitrogens with one attached hydrogen (secondary N) is 1. The maximum Gasteiger partial charge on any atom is 0.172 e. The smallest absolute Gasteiger partial charge is 0.172 e. The van der Waals surface area contributed by atoms with E-state index in [4.69, 9.17) is 4.74 Å². The molecule has 0 amide bonds. The van der Waals surface area contributed by atoms with E-state index in [2.05, 4.69) is 45.5 Å². The molecule has 0 aromatic heterocycles. The summed E-state index contributed by atoms with van der Waals surface area (Å²) in [5, 5.41) is 13.3. The molecule has 1 aliphatic rings. The van der Waals surface area contributed by atoms with Crippen LogP contribution >= 0.6 is 15.9 Å². The Balaban J connectivity index is 1.58. The van der Waals surface area contributed by atoms with Gasteiger partial charge in [0.05, 0.1) is 11.6 Å². The standard InChI is InChI=1S/C17H18BrNO2/c1-21-16-7-11(6-15(18)17(16)20)9-19-10-13-8-12-4-2-3-5-14(12)13/h2-7,13,19-20H,8-10H2,1H3. The third-order valence-corrected chi connectivity index (χ3v) is 4.59. The minimum absolute atomic E-state index is 0.147. The van der Waals surface area contributed by atoms with E-state index in [1.54, 1.807) is 7.11 Å². The minimum atomic E-state index is 0.147. The molecule has 0 saturated heterocycles. The number of halogens is 1. The topological polar surface area (TPSA) is 41.5 Å². The van der Waals surface area contributed by atoms with Crippen LogP contribution in [0.2, 0.25) is 0 Å². The Morgan fingerprint density at radius 3 is 2.90 bits per heavy atom. The highest BCUT2D eigenvalue weighted by molar-refractivity contribution is 9.10. The zero-order valence-electron chi connectivity index (χ0n) is 11.9. The van der Waals surface area contributed by atoms with Gasteiger partial charge in [0, 0.05) is 19.0 Å². The fraction of sp³-hybridized carbons (Fsp3) is 0.294. The first-order valence-electron chi connectivity index (χ1n) is 7.03. The van der Waals surface area contributed by atoms with Gasteiger partial charge in [-0.05, 0) is 51.2 Å². The van der Waals surface area contributed by atoms with Crippen molar-refractivity contribution in [2.24, 2.45) is 0 Å². The van der Waals surface area contributed by atoms with Crippen LogP contribution in [-0.4, -0.2) is 18.8 Å². The first-order valence-corrected chi connectivity index (χ1v) is 7.82. The molecule has 2 aromatic rings. The predicted molar refractivity (Wildman–Crippen MR) is 87.0 cm³/mol. The van der Waals surface area contributed by atoms with Crippen molar-refractivity contribution in [3.05, 3.63) is 57.6 Å². The van der Waals surface area contributed by atoms with Crippen molar-refractivity contribution in [2.75, 3.05) is 13.7 Å². The van der Waals surface area contributed by atoms with Gasteiger partial charge in [-0.15, -0.1) is 0 Å². The fourth-order valence-electron chi connectivity index (χ4n) is 2.82. The molecular formula is C17H18BrNO2. The van der Waals surface area contributed by atoms with E-state index in [9.17, 15) is 5.11 Å². The molecular weight excluding hydrogens is 330 g/mol. The monoisotopic (exact) mass is 347 g/mol. The van der Waals surface area contributed by atoms with E-state index in [1.807, 2.05) is 12.1 Å². The third kappa shape index (κ3) is 2.92. The number of hydrogen-bond donors (Lipinski definition) is 2. The molecule has 0 radical (unpaired) electrons. The Morgan fingerprint density at radius 1 is 1.33 bits per heavy atom. The molecule has 110 valence electrons. The van der Waals surface area contributed by atoms with Crippen LogP contribution in [0.1, 0.15) is 22.6 Å². The van der Waals surface area contributed by atoms with E-state index in [1.165, 1.54) is 11.1 Å². The molecule has 4 heteroatoms. The second-order valence-electron chi connectivity index (χ2n) is 5.36. The van der Waals surface area contributed by atoms with Gasteiger partial charge < -0.3 is 15.2 Å². The van der Waals surface area contributed by atoms with E-state index < -0.39 is 0 Å². The molecule has 0 spiro atoms. The molecule has 1 unspecified atom stereocenters. The van der Waals surface area contributed by atoms with Gasteiger partial charge in [0.25, 0.3) is 0 Å². The number of phenolic OH excluding ortho intramolecular Hbond substituents is 1. The lowest BCUT2D eigenvalue weighted by Gasteiger charge is -2.30. The van der Waals surface area contributed by atoms with Crippen LogP contribution in [0.5, 0.6) is 11.5 Å². The molecule has 3 rings (SSSR count). The summed E-state index contributed by atoms with van der Waals surface area (Å²) in [6, 6.07) is 12.4. The Labute approximate surface area is 133 Å². The molecule has 0 aliphatic heterocycles. The van der Waals surface area contributed by atoms with Crippen LogP contribution in [0.25, 0.3) is 0 Å². The summed E-state index contributed by atoms with van der Waals surface area (Å²) in [6.45, 7) is 1.73. The number of fused-ring (bicyclic) bond motifs is 1. The van der Waals surface area contributed by atoms with Crippen LogP contribution in [0.3, 0.4) is 0 Å². The SMILES string of the molecule is COc1cc(CNCC2Cc3ccccc32)cc(Br)c1O. The molecule has 2 N–H and O–H groups in total. The fourth-order valence-corrected chi connectivity index (χ4v) is 3.31. The van der Waals surface area contributed by atoms with E-state index in [0.717, 1.165) is 25.1 Å². The van der Waals surface area contributed by atoms with Crippen molar-refractivity contribution < 1.29 is 9.84 Å². The van der Waals surface area contributed by atoms with Crippen LogP contribution in [-0.2, 0) is 13.0 Å². The van der Waals surface area contributed by atoms with E-state index in [0.29, 0.717) is 16.1 Å². The van der Waals surface area contributed by atoms with Gasteiger partial charge in [-0.3, -0.25) is 0 Å². The maximum atomic E-state index is 9.80. The summed E-state index contributed by atoms with van der Waals surface area (Å²) >= 11 is 3.35. The third-order valence-electron chi connectivity index (χ3n) is 3.99. The van der Waals surface area contributed by atoms with Crippen molar-refractivity contribution in [3.8, 4) is 11.5 Å². The molecule has 1 aliphatic carbocycles. The zero-order valence-corrected chi connectivity index (χ0v) is 13.5. The van der Waals surface area contributed by atoms with Crippen molar-refractivity contribution in [1.82, 2.24) is 5.32 Å². The van der Waals surface area contributed by atoms with Gasteiger partial charge in [0.2, 0.25) is 0 Å². The average molecular weight is 348 g/mol. The summed E-state index contributed by atoms with van der Waals surface area (Å²) in [5.41, 5.74) is 4.02. The molecule has 21 heavy (non-hydrogen) atoms.